The summed E-state index contributed by atoms with van der Waals surface area (Å²) in [4.78, 5) is 13.0. The Kier molecular flexibility index (Phi) is 8.10. The number of carbonyl (C=O) groups is 1. The van der Waals surface area contributed by atoms with Crippen LogP contribution in [0.1, 0.15) is 11.1 Å². The van der Waals surface area contributed by atoms with Gasteiger partial charge in [-0.1, -0.05) is 48.0 Å². The molecule has 0 aliphatic heterocycles. The van der Waals surface area contributed by atoms with Crippen LogP contribution in [-0.4, -0.2) is 28.0 Å². The molecule has 4 rings (SSSR count). The Bertz CT molecular complexity index is 1420. The first-order valence-corrected chi connectivity index (χ1v) is 13.1. The van der Waals surface area contributed by atoms with Crippen molar-refractivity contribution in [3.05, 3.63) is 114 Å². The number of amides is 1. The number of rotatable bonds is 10. The lowest BCUT2D eigenvalue weighted by Gasteiger charge is -2.24. The zero-order chi connectivity index (χ0) is 26.3. The monoisotopic (exact) mass is 516 g/mol. The molecule has 37 heavy (non-hydrogen) atoms. The third kappa shape index (κ3) is 6.68. The van der Waals surface area contributed by atoms with Crippen LogP contribution in [0.15, 0.2) is 108 Å². The fourth-order valence-electron chi connectivity index (χ4n) is 3.59. The molecule has 0 saturated carbocycles. The Hall–Kier alpha value is -4.30. The standard InChI is InChI=1S/C29H28N2O5S/c1-22-8-18-28(19-9-22)37(33,34)31(21-29(32)30-20-23-10-14-25(35-2)15-11-23)24-12-16-27(17-13-24)36-26-6-4-3-5-7-26/h3-19H,20-21H2,1-2H3,(H,30,32). The molecule has 8 heteroatoms. The number of methoxy groups -OCH3 is 1. The first kappa shape index (κ1) is 25.8. The van der Waals surface area contributed by atoms with Crippen LogP contribution in [0.2, 0.25) is 0 Å². The first-order chi connectivity index (χ1) is 17.8. The summed E-state index contributed by atoms with van der Waals surface area (Å²) in [7, 11) is -2.43. The van der Waals surface area contributed by atoms with Crippen molar-refractivity contribution in [2.45, 2.75) is 18.4 Å². The van der Waals surface area contributed by atoms with Gasteiger partial charge in [0.25, 0.3) is 10.0 Å². The van der Waals surface area contributed by atoms with Gasteiger partial charge in [-0.05, 0) is 73.2 Å². The highest BCUT2D eigenvalue weighted by Gasteiger charge is 2.27. The highest BCUT2D eigenvalue weighted by Crippen LogP contribution is 2.28. The Morgan fingerprint density at radius 1 is 0.784 bits per heavy atom. The molecule has 7 nitrogen and oxygen atoms in total. The van der Waals surface area contributed by atoms with Gasteiger partial charge in [-0.3, -0.25) is 9.10 Å². The highest BCUT2D eigenvalue weighted by molar-refractivity contribution is 7.92. The summed E-state index contributed by atoms with van der Waals surface area (Å²) in [6.45, 7) is 1.75. The van der Waals surface area contributed by atoms with Gasteiger partial charge < -0.3 is 14.8 Å². The van der Waals surface area contributed by atoms with Crippen LogP contribution < -0.4 is 19.1 Å². The molecule has 1 amide bonds. The van der Waals surface area contributed by atoms with Crippen LogP contribution in [0.4, 0.5) is 5.69 Å². The average molecular weight is 517 g/mol. The predicted octanol–water partition coefficient (Wildman–Crippen LogP) is 5.31. The van der Waals surface area contributed by atoms with E-state index in [1.807, 2.05) is 49.4 Å². The van der Waals surface area contributed by atoms with Gasteiger partial charge in [0.05, 0.1) is 17.7 Å². The average Bonchev–Trinajstić information content (AvgIpc) is 2.92. The summed E-state index contributed by atoms with van der Waals surface area (Å²) in [6.07, 6.45) is 0. The molecule has 0 aliphatic rings. The van der Waals surface area contributed by atoms with E-state index in [1.165, 1.54) is 0 Å². The van der Waals surface area contributed by atoms with Crippen molar-refractivity contribution in [3.63, 3.8) is 0 Å². The van der Waals surface area contributed by atoms with Crippen LogP contribution in [0.25, 0.3) is 0 Å². The minimum absolute atomic E-state index is 0.102. The van der Waals surface area contributed by atoms with Gasteiger partial charge in [0.15, 0.2) is 0 Å². The number of anilines is 1. The minimum Gasteiger partial charge on any atom is -0.497 e. The van der Waals surface area contributed by atoms with Crippen LogP contribution in [-0.2, 0) is 21.4 Å². The quantitative estimate of drug-likeness (QED) is 0.309. The fraction of sp³-hybridized carbons (Fsp3) is 0.138. The summed E-state index contributed by atoms with van der Waals surface area (Å²) in [5.74, 6) is 1.49. The minimum atomic E-state index is -4.01. The van der Waals surface area contributed by atoms with Gasteiger partial charge >= 0.3 is 0 Å². The summed E-state index contributed by atoms with van der Waals surface area (Å²) in [5, 5.41) is 2.80. The van der Waals surface area contributed by atoms with Gasteiger partial charge in [0, 0.05) is 6.54 Å². The molecule has 0 saturated heterocycles. The third-order valence-electron chi connectivity index (χ3n) is 5.65. The van der Waals surface area contributed by atoms with Crippen LogP contribution >= 0.6 is 0 Å². The maximum atomic E-state index is 13.6. The van der Waals surface area contributed by atoms with E-state index in [0.29, 0.717) is 22.9 Å². The van der Waals surface area contributed by atoms with Crippen molar-refractivity contribution in [1.82, 2.24) is 5.32 Å². The van der Waals surface area contributed by atoms with Crippen molar-refractivity contribution < 1.29 is 22.7 Å². The molecule has 1 N–H and O–H groups in total. The van der Waals surface area contributed by atoms with Crippen molar-refractivity contribution in [3.8, 4) is 17.2 Å². The molecule has 0 unspecified atom stereocenters. The number of aryl methyl sites for hydroxylation is 1. The molecule has 0 bridgehead atoms. The van der Waals surface area contributed by atoms with E-state index in [-0.39, 0.29) is 18.0 Å². The Labute approximate surface area is 217 Å². The maximum Gasteiger partial charge on any atom is 0.264 e. The Balaban J connectivity index is 1.55. The number of hydrogen-bond donors (Lipinski definition) is 1. The Morgan fingerprint density at radius 3 is 2.00 bits per heavy atom. The van der Waals surface area contributed by atoms with Gasteiger partial charge in [-0.15, -0.1) is 0 Å². The molecule has 0 radical (unpaired) electrons. The van der Waals surface area contributed by atoms with Crippen LogP contribution in [0.5, 0.6) is 17.2 Å². The summed E-state index contributed by atoms with van der Waals surface area (Å²) in [5.41, 5.74) is 2.15. The summed E-state index contributed by atoms with van der Waals surface area (Å²) < 4.78 is 39.3. The molecular weight excluding hydrogens is 488 g/mol. The normalized spacial score (nSPS) is 11.0. The molecule has 4 aromatic rings. The third-order valence-corrected chi connectivity index (χ3v) is 7.44. The zero-order valence-corrected chi connectivity index (χ0v) is 21.4. The molecule has 0 atom stereocenters. The van der Waals surface area contributed by atoms with Gasteiger partial charge in [0.2, 0.25) is 5.91 Å². The number of para-hydroxylation sites is 1. The fourth-order valence-corrected chi connectivity index (χ4v) is 5.01. The smallest absolute Gasteiger partial charge is 0.264 e. The van der Waals surface area contributed by atoms with Crippen molar-refractivity contribution in [2.24, 2.45) is 0 Å². The molecule has 0 heterocycles. The number of hydrogen-bond acceptors (Lipinski definition) is 5. The van der Waals surface area contributed by atoms with Gasteiger partial charge in [-0.2, -0.15) is 0 Å². The number of nitrogens with one attached hydrogen (secondary N) is 1. The number of benzene rings is 4. The van der Waals surface area contributed by atoms with E-state index >= 15 is 0 Å². The molecule has 0 spiro atoms. The number of sulfonamides is 1. The van der Waals surface area contributed by atoms with Crippen LogP contribution in [0, 0.1) is 6.92 Å². The van der Waals surface area contributed by atoms with E-state index < -0.39 is 15.9 Å². The largest absolute Gasteiger partial charge is 0.497 e. The highest BCUT2D eigenvalue weighted by atomic mass is 32.2. The van der Waals surface area contributed by atoms with Gasteiger partial charge in [-0.25, -0.2) is 8.42 Å². The molecule has 4 aromatic carbocycles. The van der Waals surface area contributed by atoms with Crippen molar-refractivity contribution >= 4 is 21.6 Å². The molecule has 0 aliphatic carbocycles. The predicted molar refractivity (Wildman–Crippen MR) is 144 cm³/mol. The SMILES string of the molecule is COc1ccc(CNC(=O)CN(c2ccc(Oc3ccccc3)cc2)S(=O)(=O)c2ccc(C)cc2)cc1. The first-order valence-electron chi connectivity index (χ1n) is 11.7. The zero-order valence-electron chi connectivity index (χ0n) is 20.6. The van der Waals surface area contributed by atoms with E-state index in [4.69, 9.17) is 9.47 Å². The molecular formula is C29H28N2O5S. The van der Waals surface area contributed by atoms with E-state index in [0.717, 1.165) is 15.4 Å². The maximum absolute atomic E-state index is 13.6. The molecule has 0 fully saturated rings. The number of carbonyl (C=O) groups excluding carboxylic acids is 1. The molecule has 0 aromatic heterocycles. The van der Waals surface area contributed by atoms with E-state index in [9.17, 15) is 13.2 Å². The van der Waals surface area contributed by atoms with E-state index in [1.54, 1.807) is 67.8 Å². The number of nitrogens with zero attached hydrogens (tertiary/aromatic N) is 1. The lowest BCUT2D eigenvalue weighted by Crippen LogP contribution is -2.40. The van der Waals surface area contributed by atoms with Crippen LogP contribution in [0.3, 0.4) is 0 Å². The van der Waals surface area contributed by atoms with E-state index in [2.05, 4.69) is 5.32 Å². The van der Waals surface area contributed by atoms with Crippen molar-refractivity contribution in [2.75, 3.05) is 18.0 Å². The second-order valence-electron chi connectivity index (χ2n) is 8.36. The number of ether oxygens (including phenoxy) is 2. The lowest BCUT2D eigenvalue weighted by atomic mass is 10.2. The summed E-state index contributed by atoms with van der Waals surface area (Å²) >= 11 is 0. The second-order valence-corrected chi connectivity index (χ2v) is 10.2. The topological polar surface area (TPSA) is 84.9 Å². The summed E-state index contributed by atoms with van der Waals surface area (Å²) in [6, 6.07) is 29.7. The van der Waals surface area contributed by atoms with Gasteiger partial charge in [0.1, 0.15) is 23.8 Å². The lowest BCUT2D eigenvalue weighted by molar-refractivity contribution is -0.119. The van der Waals surface area contributed by atoms with Crippen molar-refractivity contribution in [1.29, 1.82) is 0 Å². The Morgan fingerprint density at radius 2 is 1.38 bits per heavy atom. The molecule has 190 valence electrons. The second kappa shape index (κ2) is 11.6.